The number of hydrogen-bond donors (Lipinski definition) is 1. The summed E-state index contributed by atoms with van der Waals surface area (Å²) < 4.78 is 1.99. The quantitative estimate of drug-likeness (QED) is 0.869. The van der Waals surface area contributed by atoms with Gasteiger partial charge in [-0.1, -0.05) is 24.3 Å². The van der Waals surface area contributed by atoms with E-state index in [4.69, 9.17) is 0 Å². The highest BCUT2D eigenvalue weighted by Gasteiger charge is 1.95. The molecule has 0 bridgehead atoms. The Kier molecular flexibility index (Phi) is 3.73. The zero-order chi connectivity index (χ0) is 12.1. The molecule has 0 aliphatic carbocycles. The van der Waals surface area contributed by atoms with Gasteiger partial charge in [0.15, 0.2) is 0 Å². The van der Waals surface area contributed by atoms with Crippen molar-refractivity contribution < 1.29 is 0 Å². The molecule has 2 rings (SSSR count). The summed E-state index contributed by atoms with van der Waals surface area (Å²) >= 11 is 0. The van der Waals surface area contributed by atoms with Crippen molar-refractivity contribution in [2.24, 2.45) is 0 Å². The summed E-state index contributed by atoms with van der Waals surface area (Å²) in [6, 6.07) is 8.78. The van der Waals surface area contributed by atoms with E-state index in [-0.39, 0.29) is 0 Å². The highest BCUT2D eigenvalue weighted by Crippen LogP contribution is 2.10. The number of hydrogen-bond acceptors (Lipinski definition) is 2. The lowest BCUT2D eigenvalue weighted by Gasteiger charge is -2.04. The lowest BCUT2D eigenvalue weighted by atomic mass is 10.1. The third kappa shape index (κ3) is 3.04. The topological polar surface area (TPSA) is 29.9 Å². The van der Waals surface area contributed by atoms with Gasteiger partial charge in [0, 0.05) is 24.1 Å². The number of aromatic nitrogens is 2. The lowest BCUT2D eigenvalue weighted by molar-refractivity contribution is 0.731. The molecular weight excluding hydrogens is 210 g/mol. The first-order valence-electron chi connectivity index (χ1n) is 5.73. The first kappa shape index (κ1) is 11.6. The van der Waals surface area contributed by atoms with Crippen molar-refractivity contribution in [3.8, 4) is 5.69 Å². The van der Waals surface area contributed by atoms with Crippen molar-refractivity contribution in [3.63, 3.8) is 0 Å². The molecule has 1 heterocycles. The molecule has 3 heteroatoms. The molecule has 0 radical (unpaired) electrons. The van der Waals surface area contributed by atoms with Crippen LogP contribution >= 0.6 is 0 Å². The van der Waals surface area contributed by atoms with E-state index in [0.29, 0.717) is 6.04 Å². The van der Waals surface area contributed by atoms with Gasteiger partial charge in [0.2, 0.25) is 0 Å². The number of imidazole rings is 1. The van der Waals surface area contributed by atoms with E-state index in [1.54, 1.807) is 12.5 Å². The van der Waals surface area contributed by atoms with Crippen LogP contribution in [0.2, 0.25) is 0 Å². The maximum Gasteiger partial charge on any atom is 0.0991 e. The zero-order valence-electron chi connectivity index (χ0n) is 10.2. The summed E-state index contributed by atoms with van der Waals surface area (Å²) in [6.45, 7) is 2.12. The molecule has 3 nitrogen and oxygen atoms in total. The first-order valence-corrected chi connectivity index (χ1v) is 5.73. The summed E-state index contributed by atoms with van der Waals surface area (Å²) in [4.78, 5) is 4.03. The Balaban J connectivity index is 2.11. The minimum absolute atomic E-state index is 0.392. The number of rotatable bonds is 4. The summed E-state index contributed by atoms with van der Waals surface area (Å²) in [5.74, 6) is 0. The number of nitrogens with one attached hydrogen (secondary N) is 1. The van der Waals surface area contributed by atoms with Crippen LogP contribution in [0.1, 0.15) is 12.5 Å². The Bertz CT molecular complexity index is 469. The molecule has 1 atom stereocenters. The van der Waals surface area contributed by atoms with Crippen LogP contribution in [0.3, 0.4) is 0 Å². The predicted molar refractivity (Wildman–Crippen MR) is 71.1 cm³/mol. The van der Waals surface area contributed by atoms with Crippen LogP contribution in [0.15, 0.2) is 49.1 Å². The average molecular weight is 227 g/mol. The van der Waals surface area contributed by atoms with Crippen molar-refractivity contribution >= 4 is 6.08 Å². The van der Waals surface area contributed by atoms with Gasteiger partial charge in [0.1, 0.15) is 0 Å². The standard InChI is InChI=1S/C14H17N3/c1-12(15-2)3-4-13-5-7-14(8-6-13)17-10-9-16-11-17/h3-12,15H,1-2H3/b4-3+. The molecule has 0 aliphatic heterocycles. The maximum absolute atomic E-state index is 4.03. The molecule has 1 unspecified atom stereocenters. The highest BCUT2D eigenvalue weighted by molar-refractivity contribution is 5.52. The summed E-state index contributed by atoms with van der Waals surface area (Å²) in [5.41, 5.74) is 2.33. The molecule has 0 aliphatic rings. The van der Waals surface area contributed by atoms with Gasteiger partial charge < -0.3 is 9.88 Å². The molecule has 17 heavy (non-hydrogen) atoms. The Morgan fingerprint density at radius 1 is 1.29 bits per heavy atom. The SMILES string of the molecule is CNC(C)/C=C/c1ccc(-n2ccnc2)cc1. The summed E-state index contributed by atoms with van der Waals surface area (Å²) in [7, 11) is 1.96. The first-order chi connectivity index (χ1) is 8.29. The van der Waals surface area contributed by atoms with Gasteiger partial charge in [-0.25, -0.2) is 4.98 Å². The molecule has 0 saturated heterocycles. The highest BCUT2D eigenvalue weighted by atomic mass is 15.0. The van der Waals surface area contributed by atoms with Crippen LogP contribution in [0, 0.1) is 0 Å². The van der Waals surface area contributed by atoms with Crippen LogP contribution in [0.4, 0.5) is 0 Å². The largest absolute Gasteiger partial charge is 0.314 e. The van der Waals surface area contributed by atoms with E-state index < -0.39 is 0 Å². The normalized spacial score (nSPS) is 13.1. The molecule has 0 amide bonds. The van der Waals surface area contributed by atoms with Crippen molar-refractivity contribution in [2.75, 3.05) is 7.05 Å². The third-order valence-corrected chi connectivity index (χ3v) is 2.73. The Labute approximate surface area is 102 Å². The molecule has 1 aromatic heterocycles. The van der Waals surface area contributed by atoms with Crippen LogP contribution < -0.4 is 5.32 Å². The molecule has 0 spiro atoms. The molecule has 1 N–H and O–H groups in total. The van der Waals surface area contributed by atoms with E-state index in [9.17, 15) is 0 Å². The second-order valence-corrected chi connectivity index (χ2v) is 4.00. The van der Waals surface area contributed by atoms with Crippen LogP contribution in [0.25, 0.3) is 11.8 Å². The van der Waals surface area contributed by atoms with Gasteiger partial charge in [-0.15, -0.1) is 0 Å². The second kappa shape index (κ2) is 5.46. The fourth-order valence-corrected chi connectivity index (χ4v) is 1.52. The van der Waals surface area contributed by atoms with Crippen LogP contribution in [-0.4, -0.2) is 22.6 Å². The van der Waals surface area contributed by atoms with Crippen molar-refractivity contribution in [1.82, 2.24) is 14.9 Å². The smallest absolute Gasteiger partial charge is 0.0991 e. The van der Waals surface area contributed by atoms with Gasteiger partial charge in [0.25, 0.3) is 0 Å². The number of nitrogens with zero attached hydrogens (tertiary/aromatic N) is 2. The number of likely N-dealkylation sites (N-methyl/N-ethyl adjacent to an activating group) is 1. The third-order valence-electron chi connectivity index (χ3n) is 2.73. The van der Waals surface area contributed by atoms with Gasteiger partial charge >= 0.3 is 0 Å². The van der Waals surface area contributed by atoms with E-state index in [1.807, 2.05) is 17.8 Å². The lowest BCUT2D eigenvalue weighted by Crippen LogP contribution is -2.17. The number of benzene rings is 1. The molecule has 0 fully saturated rings. The second-order valence-electron chi connectivity index (χ2n) is 4.00. The molecule has 1 aromatic carbocycles. The fourth-order valence-electron chi connectivity index (χ4n) is 1.52. The van der Waals surface area contributed by atoms with Gasteiger partial charge in [0.05, 0.1) is 6.33 Å². The fraction of sp³-hybridized carbons (Fsp3) is 0.214. The molecular formula is C14H17N3. The minimum atomic E-state index is 0.392. The Morgan fingerprint density at radius 3 is 2.65 bits per heavy atom. The van der Waals surface area contributed by atoms with Gasteiger partial charge in [-0.05, 0) is 31.7 Å². The molecule has 0 saturated carbocycles. The van der Waals surface area contributed by atoms with Crippen LogP contribution in [-0.2, 0) is 0 Å². The monoisotopic (exact) mass is 227 g/mol. The predicted octanol–water partition coefficient (Wildman–Crippen LogP) is 2.49. The molecule has 88 valence electrons. The minimum Gasteiger partial charge on any atom is -0.314 e. The molecule has 2 aromatic rings. The van der Waals surface area contributed by atoms with E-state index in [1.165, 1.54) is 5.56 Å². The Morgan fingerprint density at radius 2 is 2.06 bits per heavy atom. The van der Waals surface area contributed by atoms with Gasteiger partial charge in [-0.3, -0.25) is 0 Å². The van der Waals surface area contributed by atoms with Crippen molar-refractivity contribution in [2.45, 2.75) is 13.0 Å². The summed E-state index contributed by atoms with van der Waals surface area (Å²) in [6.07, 6.45) is 9.79. The van der Waals surface area contributed by atoms with Gasteiger partial charge in [-0.2, -0.15) is 0 Å². The van der Waals surface area contributed by atoms with Crippen molar-refractivity contribution in [1.29, 1.82) is 0 Å². The van der Waals surface area contributed by atoms with E-state index in [0.717, 1.165) is 5.69 Å². The van der Waals surface area contributed by atoms with Crippen LogP contribution in [0.5, 0.6) is 0 Å². The van der Waals surface area contributed by atoms with E-state index >= 15 is 0 Å². The zero-order valence-corrected chi connectivity index (χ0v) is 10.2. The maximum atomic E-state index is 4.03. The van der Waals surface area contributed by atoms with Crippen molar-refractivity contribution in [3.05, 3.63) is 54.6 Å². The summed E-state index contributed by atoms with van der Waals surface area (Å²) in [5, 5.41) is 3.17. The van der Waals surface area contributed by atoms with E-state index in [2.05, 4.69) is 53.6 Å². The Hall–Kier alpha value is -1.87. The average Bonchev–Trinajstić information content (AvgIpc) is 2.90.